The second kappa shape index (κ2) is 105. The highest BCUT2D eigenvalue weighted by Gasteiger charge is 2.41. The van der Waals surface area contributed by atoms with Crippen molar-refractivity contribution >= 4 is 0 Å². The highest BCUT2D eigenvalue weighted by molar-refractivity contribution is 4.89. The zero-order valence-corrected chi connectivity index (χ0v) is 97.8. The van der Waals surface area contributed by atoms with Gasteiger partial charge in [-0.25, -0.2) is 0 Å². The lowest BCUT2D eigenvalue weighted by Crippen LogP contribution is -2.49. The number of hydrogen-bond donors (Lipinski definition) is 0. The third kappa shape index (κ3) is 86.5. The second-order valence-corrected chi connectivity index (χ2v) is 46.1. The molecule has 0 amide bonds. The molecule has 0 spiro atoms. The molecular weight excluding hydrogens is 1750 g/mol. The molecule has 0 aromatic carbocycles. The first kappa shape index (κ1) is 138. The van der Waals surface area contributed by atoms with Gasteiger partial charge in [-0.1, -0.05) is 508 Å². The van der Waals surface area contributed by atoms with E-state index in [1.807, 2.05) is 0 Å². The normalized spacial score (nSPS) is 18.8. The van der Waals surface area contributed by atoms with Crippen LogP contribution in [0.15, 0.2) is 0 Å². The summed E-state index contributed by atoms with van der Waals surface area (Å²) in [5, 5.41) is 0. The second-order valence-electron chi connectivity index (χ2n) is 46.1. The Hall–Kier alpha value is -0.600. The molecule has 0 saturated carbocycles. The zero-order chi connectivity index (χ0) is 102. The molecule has 0 aromatic rings. The van der Waals surface area contributed by atoms with Gasteiger partial charge in [0.25, 0.3) is 0 Å². The van der Waals surface area contributed by atoms with Crippen molar-refractivity contribution in [1.29, 1.82) is 0 Å². The number of ether oxygens (including phenoxy) is 15. The van der Waals surface area contributed by atoms with Crippen LogP contribution in [-0.4, -0.2) is 190 Å². The SMILES string of the molecule is CCCCCCCCCC1CCO1.CCCCCCCCCCC1OCC1(C)C.CCCCCCCCCCCCCCCCCCOCC1(C)COC1.CCCCCCCCCCCCOCC1(CC)COC1.CCCCCCCCOC1CCO1.CCCCCCCCOCC1(CC)COC1.CCCCCCCCOCC1(COCCCCCCCC)COC1.CCCCCCCCOCC1CCO1. The standard InChI is InChI=1S/C23H46O2.C21H42O3.C18H36O2.C15H30O.C14H28O2.C12H24O2.C12H24O.C11H22O2/c1-3-4-5-6-7-8-9-10-11-12-13-14-15-16-17-18-19-24-20-23(2)21-25-22-23;1-3-5-7-9-11-13-15-22-17-21(19-24-20-21)18-23-16-14-12-10-8-6-4-2;1-3-5-6-7-8-9-10-11-12-13-14-19-15-18(4-2)16-20-17-18;1-4-5-6-7-8-9-10-11-12-14-15(2,3)13-16-14;1-3-5-6-7-8-9-10-15-11-14(4-2)12-16-13-14;1-2-3-4-5-6-7-9-13-11-12-8-10-14-12;1-2-3-4-5-6-7-8-9-12-10-11-13-12;1-2-3-4-5-6-7-9-12-11-8-10-13-11/h3-22H2,1-2H3;3-20H2,1-2H3;3-17H2,1-2H3;14H,4-13H2,1-3H3;3-13H2,1-2H3;12H,2-11H2,1H3;12H,2-11H2,1H3;11H,2-10H2,1H3. The summed E-state index contributed by atoms with van der Waals surface area (Å²) in [5.74, 6) is 0. The maximum atomic E-state index is 5.91. The van der Waals surface area contributed by atoms with Crippen LogP contribution in [0.3, 0.4) is 0 Å². The van der Waals surface area contributed by atoms with Crippen molar-refractivity contribution in [1.82, 2.24) is 0 Å². The summed E-state index contributed by atoms with van der Waals surface area (Å²) in [5.41, 5.74) is 1.64. The van der Waals surface area contributed by atoms with E-state index in [1.165, 1.54) is 494 Å². The third-order valence-electron chi connectivity index (χ3n) is 30.6. The third-order valence-corrected chi connectivity index (χ3v) is 30.6. The van der Waals surface area contributed by atoms with Crippen LogP contribution in [0, 0.1) is 27.1 Å². The van der Waals surface area contributed by atoms with Gasteiger partial charge in [-0.3, -0.25) is 0 Å². The summed E-state index contributed by atoms with van der Waals surface area (Å²) in [4.78, 5) is 0. The number of unbranched alkanes of at least 4 members (excludes halogenated alkanes) is 62. The molecule has 8 fully saturated rings. The maximum Gasteiger partial charge on any atom is 0.159 e. The van der Waals surface area contributed by atoms with E-state index < -0.39 is 0 Å². The quantitative estimate of drug-likeness (QED) is 0.0533. The van der Waals surface area contributed by atoms with Gasteiger partial charge < -0.3 is 71.1 Å². The van der Waals surface area contributed by atoms with E-state index in [4.69, 9.17) is 71.1 Å². The summed E-state index contributed by atoms with van der Waals surface area (Å²) in [6.45, 7) is 54.1. The molecule has 15 nitrogen and oxygen atoms in total. The average Bonchev–Trinajstić information content (AvgIpc) is 0.840. The van der Waals surface area contributed by atoms with Crippen molar-refractivity contribution in [3.05, 3.63) is 0 Å². The molecule has 846 valence electrons. The smallest absolute Gasteiger partial charge is 0.159 e. The Morgan fingerprint density at radius 1 is 0.206 bits per heavy atom. The lowest BCUT2D eigenvalue weighted by molar-refractivity contribution is -0.214. The monoisotopic (exact) mass is 2010 g/mol. The highest BCUT2D eigenvalue weighted by atomic mass is 16.7. The predicted octanol–water partition coefficient (Wildman–Crippen LogP) is 37.3. The van der Waals surface area contributed by atoms with Crippen LogP contribution >= 0.6 is 0 Å². The summed E-state index contributed by atoms with van der Waals surface area (Å²) in [6, 6.07) is 0. The summed E-state index contributed by atoms with van der Waals surface area (Å²) in [6.07, 6.45) is 108. The van der Waals surface area contributed by atoms with E-state index in [0.29, 0.717) is 40.0 Å². The van der Waals surface area contributed by atoms with Gasteiger partial charge in [0.1, 0.15) is 0 Å². The van der Waals surface area contributed by atoms with Gasteiger partial charge in [-0.05, 0) is 83.5 Å². The minimum atomic E-state index is 0.135. The predicted molar refractivity (Wildman–Crippen MR) is 605 cm³/mol. The Bertz CT molecular complexity index is 2310. The van der Waals surface area contributed by atoms with Crippen molar-refractivity contribution in [3.63, 3.8) is 0 Å². The Balaban J connectivity index is 0.000000814. The van der Waals surface area contributed by atoms with Crippen LogP contribution < -0.4 is 0 Å². The van der Waals surface area contributed by atoms with E-state index in [1.54, 1.807) is 0 Å². The van der Waals surface area contributed by atoms with Gasteiger partial charge >= 0.3 is 0 Å². The largest absolute Gasteiger partial charge is 0.381 e. The fourth-order valence-electron chi connectivity index (χ4n) is 18.9. The minimum Gasteiger partial charge on any atom is -0.381 e. The van der Waals surface area contributed by atoms with Gasteiger partial charge in [0.05, 0.1) is 129 Å². The Morgan fingerprint density at radius 2 is 0.433 bits per heavy atom. The van der Waals surface area contributed by atoms with Crippen LogP contribution in [0.1, 0.15) is 598 Å². The molecule has 0 radical (unpaired) electrons. The van der Waals surface area contributed by atoms with Crippen LogP contribution in [-0.2, 0) is 71.1 Å². The fraction of sp³-hybridized carbons (Fsp3) is 1.00. The molecule has 141 heavy (non-hydrogen) atoms. The molecule has 8 saturated heterocycles. The Labute approximate surface area is 880 Å². The molecule has 8 heterocycles. The molecule has 8 rings (SSSR count). The molecule has 8 aliphatic heterocycles. The first-order chi connectivity index (χ1) is 69.2. The van der Waals surface area contributed by atoms with Crippen molar-refractivity contribution < 1.29 is 71.1 Å². The Kier molecular flexibility index (Phi) is 103. The van der Waals surface area contributed by atoms with Crippen LogP contribution in [0.2, 0.25) is 0 Å². The van der Waals surface area contributed by atoms with Gasteiger partial charge in [-0.2, -0.15) is 0 Å². The molecule has 0 bridgehead atoms. The molecule has 8 aliphatic rings. The summed E-state index contributed by atoms with van der Waals surface area (Å²) >= 11 is 0. The average molecular weight is 2010 g/mol. The van der Waals surface area contributed by atoms with Crippen LogP contribution in [0.25, 0.3) is 0 Å². The van der Waals surface area contributed by atoms with Gasteiger partial charge in [0.15, 0.2) is 6.29 Å². The maximum absolute atomic E-state index is 5.91. The lowest BCUT2D eigenvalue weighted by Gasteiger charge is -2.44. The molecule has 15 heteroatoms. The van der Waals surface area contributed by atoms with Crippen molar-refractivity contribution in [3.8, 4) is 0 Å². The molecule has 4 atom stereocenters. The van der Waals surface area contributed by atoms with E-state index in [2.05, 4.69) is 96.9 Å². The highest BCUT2D eigenvalue weighted by Crippen LogP contribution is 2.38. The van der Waals surface area contributed by atoms with E-state index in [9.17, 15) is 0 Å². The fourth-order valence-corrected chi connectivity index (χ4v) is 18.9. The molecule has 0 N–H and O–H groups in total. The number of hydrogen-bond acceptors (Lipinski definition) is 15. The van der Waals surface area contributed by atoms with Crippen LogP contribution in [0.5, 0.6) is 0 Å². The zero-order valence-electron chi connectivity index (χ0n) is 97.8. The molecular formula is C126H252O15. The topological polar surface area (TPSA) is 138 Å². The van der Waals surface area contributed by atoms with Crippen molar-refractivity contribution in [2.24, 2.45) is 27.1 Å². The molecule has 4 unspecified atom stereocenters. The first-order valence-electron chi connectivity index (χ1n) is 63.1. The minimum absolute atomic E-state index is 0.135. The van der Waals surface area contributed by atoms with E-state index in [0.717, 1.165) is 172 Å². The lowest BCUT2D eigenvalue weighted by atomic mass is 9.80. The first-order valence-corrected chi connectivity index (χ1v) is 63.1. The van der Waals surface area contributed by atoms with Gasteiger partial charge in [-0.15, -0.1) is 0 Å². The van der Waals surface area contributed by atoms with Crippen molar-refractivity contribution in [2.45, 2.75) is 622 Å². The Morgan fingerprint density at radius 3 is 0.638 bits per heavy atom. The van der Waals surface area contributed by atoms with E-state index >= 15 is 0 Å². The van der Waals surface area contributed by atoms with E-state index in [-0.39, 0.29) is 11.7 Å². The van der Waals surface area contributed by atoms with Gasteiger partial charge in [0, 0.05) is 87.5 Å². The summed E-state index contributed by atoms with van der Waals surface area (Å²) in [7, 11) is 0. The molecule has 0 aliphatic carbocycles. The number of rotatable bonds is 95. The molecule has 0 aromatic heterocycles. The van der Waals surface area contributed by atoms with Crippen molar-refractivity contribution in [2.75, 3.05) is 165 Å². The van der Waals surface area contributed by atoms with Crippen LogP contribution in [0.4, 0.5) is 0 Å². The van der Waals surface area contributed by atoms with Gasteiger partial charge in [0.2, 0.25) is 0 Å². The summed E-state index contributed by atoms with van der Waals surface area (Å²) < 4.78 is 82.8.